The molecule has 1 aromatic heterocycles. The summed E-state index contributed by atoms with van der Waals surface area (Å²) in [6.45, 7) is 3.94. The van der Waals surface area contributed by atoms with Crippen molar-refractivity contribution in [1.82, 2.24) is 15.2 Å². The van der Waals surface area contributed by atoms with E-state index in [2.05, 4.69) is 10.3 Å². The average molecular weight is 367 g/mol. The van der Waals surface area contributed by atoms with Crippen molar-refractivity contribution in [3.8, 4) is 0 Å². The van der Waals surface area contributed by atoms with Crippen molar-refractivity contribution < 1.29 is 4.79 Å². The molecule has 1 amide bonds. The molecule has 0 unspecified atom stereocenters. The number of piperidine rings is 2. The number of carbonyl (C=O) groups excluding carboxylic acids is 1. The number of amides is 1. The van der Waals surface area contributed by atoms with Gasteiger partial charge in [0.1, 0.15) is 5.69 Å². The molecule has 2 fully saturated rings. The van der Waals surface area contributed by atoms with Crippen LogP contribution in [-0.2, 0) is 0 Å². The van der Waals surface area contributed by atoms with E-state index in [0.29, 0.717) is 16.1 Å². The number of rotatable bonds is 1. The maximum Gasteiger partial charge on any atom is 0.272 e. The van der Waals surface area contributed by atoms with Crippen molar-refractivity contribution in [3.05, 3.63) is 29.0 Å². The Morgan fingerprint density at radius 2 is 1.77 bits per heavy atom. The molecule has 22 heavy (non-hydrogen) atoms. The third-order valence-electron chi connectivity index (χ3n) is 4.72. The smallest absolute Gasteiger partial charge is 0.272 e. The molecule has 2 saturated heterocycles. The standard InChI is InChI=1S/C15H20ClN3O.2ClH/c16-12-1-2-13(18-11-12)14(20)19-9-5-15(6-10-19)3-7-17-8-4-15;;/h1-2,11,17H,3-10H2;2*1H. The van der Waals surface area contributed by atoms with E-state index in [9.17, 15) is 4.79 Å². The number of nitrogens with one attached hydrogen (secondary N) is 1. The number of pyridine rings is 1. The molecule has 4 nitrogen and oxygen atoms in total. The zero-order chi connectivity index (χ0) is 14.0. The molecule has 1 spiro atoms. The van der Waals surface area contributed by atoms with Crippen molar-refractivity contribution in [2.45, 2.75) is 25.7 Å². The fourth-order valence-electron chi connectivity index (χ4n) is 3.31. The second-order valence-electron chi connectivity index (χ2n) is 5.90. The number of likely N-dealkylation sites (tertiary alicyclic amines) is 1. The molecule has 124 valence electrons. The topological polar surface area (TPSA) is 45.2 Å². The lowest BCUT2D eigenvalue weighted by Gasteiger charge is -2.44. The second kappa shape index (κ2) is 8.34. The summed E-state index contributed by atoms with van der Waals surface area (Å²) in [4.78, 5) is 18.4. The summed E-state index contributed by atoms with van der Waals surface area (Å²) in [5, 5.41) is 3.98. The van der Waals surface area contributed by atoms with Crippen molar-refractivity contribution in [2.24, 2.45) is 5.41 Å². The zero-order valence-electron chi connectivity index (χ0n) is 12.4. The van der Waals surface area contributed by atoms with E-state index < -0.39 is 0 Å². The molecule has 0 saturated carbocycles. The van der Waals surface area contributed by atoms with E-state index in [1.54, 1.807) is 12.1 Å². The van der Waals surface area contributed by atoms with Gasteiger partial charge in [-0.3, -0.25) is 4.79 Å². The van der Waals surface area contributed by atoms with Crippen LogP contribution < -0.4 is 5.32 Å². The molecule has 1 aromatic rings. The first-order valence-corrected chi connectivity index (χ1v) is 7.68. The van der Waals surface area contributed by atoms with Crippen LogP contribution in [0.5, 0.6) is 0 Å². The predicted octanol–water partition coefficient (Wildman–Crippen LogP) is 3.18. The van der Waals surface area contributed by atoms with Crippen molar-refractivity contribution in [1.29, 1.82) is 0 Å². The predicted molar refractivity (Wildman–Crippen MR) is 93.4 cm³/mol. The molecule has 2 aliphatic rings. The summed E-state index contributed by atoms with van der Waals surface area (Å²) >= 11 is 5.81. The summed E-state index contributed by atoms with van der Waals surface area (Å²) in [5.74, 6) is 0.0328. The number of nitrogens with zero attached hydrogens (tertiary/aromatic N) is 2. The lowest BCUT2D eigenvalue weighted by Crippen LogP contribution is -2.47. The minimum Gasteiger partial charge on any atom is -0.337 e. The van der Waals surface area contributed by atoms with Gasteiger partial charge in [-0.15, -0.1) is 24.8 Å². The SMILES string of the molecule is Cl.Cl.O=C(c1ccc(Cl)cn1)N1CCC2(CCNCC2)CC1. The van der Waals surface area contributed by atoms with E-state index in [-0.39, 0.29) is 30.7 Å². The third-order valence-corrected chi connectivity index (χ3v) is 4.95. The molecule has 2 aliphatic heterocycles. The average Bonchev–Trinajstić information content (AvgIpc) is 2.49. The highest BCUT2D eigenvalue weighted by Crippen LogP contribution is 2.39. The largest absolute Gasteiger partial charge is 0.337 e. The first kappa shape index (κ1) is 19.5. The van der Waals surface area contributed by atoms with E-state index in [1.165, 1.54) is 19.0 Å². The van der Waals surface area contributed by atoms with E-state index in [1.807, 2.05) is 4.90 Å². The fourth-order valence-corrected chi connectivity index (χ4v) is 3.42. The molecule has 3 rings (SSSR count). The highest BCUT2D eigenvalue weighted by atomic mass is 35.5. The van der Waals surface area contributed by atoms with E-state index in [4.69, 9.17) is 11.6 Å². The molecule has 0 aliphatic carbocycles. The van der Waals surface area contributed by atoms with Gasteiger partial charge >= 0.3 is 0 Å². The number of carbonyl (C=O) groups is 1. The Labute approximate surface area is 148 Å². The number of halogens is 3. The molecule has 0 bridgehead atoms. The highest BCUT2D eigenvalue weighted by molar-refractivity contribution is 6.30. The summed E-state index contributed by atoms with van der Waals surface area (Å²) in [6, 6.07) is 3.43. The molecule has 3 heterocycles. The Hall–Kier alpha value is -0.550. The molecular weight excluding hydrogens is 345 g/mol. The van der Waals surface area contributed by atoms with Gasteiger partial charge in [0.05, 0.1) is 5.02 Å². The maximum atomic E-state index is 12.4. The minimum absolute atomic E-state index is 0. The van der Waals surface area contributed by atoms with Crippen LogP contribution in [0, 0.1) is 5.41 Å². The van der Waals surface area contributed by atoms with Crippen molar-refractivity contribution in [2.75, 3.05) is 26.2 Å². The van der Waals surface area contributed by atoms with Crippen LogP contribution in [0.3, 0.4) is 0 Å². The van der Waals surface area contributed by atoms with Gasteiger partial charge in [-0.25, -0.2) is 4.98 Å². The molecule has 0 aromatic carbocycles. The maximum absolute atomic E-state index is 12.4. The van der Waals surface area contributed by atoms with Gasteiger partial charge in [-0.1, -0.05) is 11.6 Å². The van der Waals surface area contributed by atoms with Crippen LogP contribution in [0.25, 0.3) is 0 Å². The monoisotopic (exact) mass is 365 g/mol. The molecule has 0 atom stereocenters. The van der Waals surface area contributed by atoms with Gasteiger partial charge < -0.3 is 10.2 Å². The Morgan fingerprint density at radius 3 is 2.32 bits per heavy atom. The Balaban J connectivity index is 0.00000121. The van der Waals surface area contributed by atoms with Gasteiger partial charge in [0.2, 0.25) is 0 Å². The fraction of sp³-hybridized carbons (Fsp3) is 0.600. The quantitative estimate of drug-likeness (QED) is 0.830. The van der Waals surface area contributed by atoms with Gasteiger partial charge in [-0.2, -0.15) is 0 Å². The van der Waals surface area contributed by atoms with Crippen LogP contribution in [0.15, 0.2) is 18.3 Å². The Morgan fingerprint density at radius 1 is 1.14 bits per heavy atom. The van der Waals surface area contributed by atoms with Gasteiger partial charge in [0, 0.05) is 19.3 Å². The normalized spacial score (nSPS) is 20.0. The molecule has 0 radical (unpaired) electrons. The van der Waals surface area contributed by atoms with E-state index in [0.717, 1.165) is 39.0 Å². The number of aromatic nitrogens is 1. The summed E-state index contributed by atoms with van der Waals surface area (Å²) in [7, 11) is 0. The summed E-state index contributed by atoms with van der Waals surface area (Å²) < 4.78 is 0. The first-order valence-electron chi connectivity index (χ1n) is 7.30. The lowest BCUT2D eigenvalue weighted by molar-refractivity contribution is 0.0491. The van der Waals surface area contributed by atoms with Crippen LogP contribution in [0.4, 0.5) is 0 Å². The summed E-state index contributed by atoms with van der Waals surface area (Å²) in [6.07, 6.45) is 6.26. The Kier molecular flexibility index (Phi) is 7.39. The Bertz CT molecular complexity index is 479. The number of hydrogen-bond acceptors (Lipinski definition) is 3. The zero-order valence-corrected chi connectivity index (χ0v) is 14.8. The van der Waals surface area contributed by atoms with E-state index >= 15 is 0 Å². The number of hydrogen-bond donors (Lipinski definition) is 1. The lowest BCUT2D eigenvalue weighted by atomic mass is 9.71. The molecule has 7 heteroatoms. The highest BCUT2D eigenvalue weighted by Gasteiger charge is 2.36. The van der Waals surface area contributed by atoms with Crippen LogP contribution in [-0.4, -0.2) is 42.0 Å². The summed E-state index contributed by atoms with van der Waals surface area (Å²) in [5.41, 5.74) is 0.964. The van der Waals surface area contributed by atoms with Crippen LogP contribution in [0.1, 0.15) is 36.2 Å². The van der Waals surface area contributed by atoms with Gasteiger partial charge in [-0.05, 0) is 56.3 Å². The van der Waals surface area contributed by atoms with Crippen molar-refractivity contribution in [3.63, 3.8) is 0 Å². The second-order valence-corrected chi connectivity index (χ2v) is 6.34. The van der Waals surface area contributed by atoms with Crippen LogP contribution >= 0.6 is 36.4 Å². The third kappa shape index (κ3) is 4.25. The minimum atomic E-state index is 0. The van der Waals surface area contributed by atoms with Crippen LogP contribution in [0.2, 0.25) is 5.02 Å². The van der Waals surface area contributed by atoms with Gasteiger partial charge in [0.15, 0.2) is 0 Å². The van der Waals surface area contributed by atoms with Crippen molar-refractivity contribution >= 4 is 42.3 Å². The first-order chi connectivity index (χ1) is 9.69. The molecule has 1 N–H and O–H groups in total. The van der Waals surface area contributed by atoms with Gasteiger partial charge in [0.25, 0.3) is 5.91 Å². The molecular formula is C15H22Cl3N3O.